The zero-order chi connectivity index (χ0) is 23.8. The summed E-state index contributed by atoms with van der Waals surface area (Å²) in [7, 11) is 0. The van der Waals surface area contributed by atoms with Crippen molar-refractivity contribution in [3.63, 3.8) is 0 Å². The Labute approximate surface area is 202 Å². The van der Waals surface area contributed by atoms with Gasteiger partial charge in [-0.05, 0) is 54.4 Å². The number of benzene rings is 2. The van der Waals surface area contributed by atoms with E-state index < -0.39 is 17.2 Å². The average molecular weight is 492 g/mol. The molecule has 3 heterocycles. The molecule has 1 amide bonds. The van der Waals surface area contributed by atoms with Gasteiger partial charge in [-0.25, -0.2) is 14.8 Å². The number of carbonyl (C=O) groups is 1. The maximum Gasteiger partial charge on any atom is 0.332 e. The molecule has 0 atom stereocenters. The van der Waals surface area contributed by atoms with Crippen molar-refractivity contribution < 1.29 is 4.79 Å². The second-order valence-electron chi connectivity index (χ2n) is 7.80. The molecule has 0 saturated carbocycles. The zero-order valence-corrected chi connectivity index (χ0v) is 19.6. The Hall–Kier alpha value is -3.82. The Bertz CT molecular complexity index is 1670. The third-order valence-corrected chi connectivity index (χ3v) is 6.52. The van der Waals surface area contributed by atoms with Crippen LogP contribution in [0.1, 0.15) is 11.1 Å². The van der Waals surface area contributed by atoms with Crippen LogP contribution >= 0.6 is 22.9 Å². The molecule has 2 aromatic carbocycles. The van der Waals surface area contributed by atoms with Crippen LogP contribution < -0.4 is 16.6 Å². The second-order valence-corrected chi connectivity index (χ2v) is 9.26. The number of carbonyl (C=O) groups excluding carboxylic acids is 1. The predicted octanol–water partition coefficient (Wildman–Crippen LogP) is 3.82. The van der Waals surface area contributed by atoms with Crippen LogP contribution in [-0.4, -0.2) is 25.0 Å². The third kappa shape index (κ3) is 4.23. The van der Waals surface area contributed by atoms with Crippen molar-refractivity contribution in [3.8, 4) is 0 Å². The number of anilines is 1. The van der Waals surface area contributed by atoms with Gasteiger partial charge in [-0.1, -0.05) is 41.1 Å². The molecule has 0 radical (unpaired) electrons. The fraction of sp³-hybridized carbons (Fsp3) is 0.125. The van der Waals surface area contributed by atoms with Crippen LogP contribution in [0.15, 0.2) is 70.4 Å². The SMILES string of the molecule is Cc1ccc2nc(NC(=O)Cn3c(=O)n(Cc4ccc(Cl)cc4)c(=O)c4ncccc43)sc2c1. The number of halogens is 1. The molecule has 170 valence electrons. The molecule has 0 bridgehead atoms. The highest BCUT2D eigenvalue weighted by Gasteiger charge is 2.17. The van der Waals surface area contributed by atoms with E-state index in [4.69, 9.17) is 11.6 Å². The number of hydrogen-bond donors (Lipinski definition) is 1. The normalized spacial score (nSPS) is 11.2. The van der Waals surface area contributed by atoms with E-state index in [9.17, 15) is 14.4 Å². The first-order valence-electron chi connectivity index (χ1n) is 10.4. The van der Waals surface area contributed by atoms with E-state index in [1.54, 1.807) is 36.4 Å². The van der Waals surface area contributed by atoms with Crippen molar-refractivity contribution in [2.45, 2.75) is 20.0 Å². The highest BCUT2D eigenvalue weighted by atomic mass is 35.5. The summed E-state index contributed by atoms with van der Waals surface area (Å²) in [6.45, 7) is 1.72. The van der Waals surface area contributed by atoms with Crippen molar-refractivity contribution >= 4 is 55.2 Å². The monoisotopic (exact) mass is 491 g/mol. The zero-order valence-electron chi connectivity index (χ0n) is 18.0. The van der Waals surface area contributed by atoms with E-state index in [1.165, 1.54) is 22.1 Å². The number of aryl methyl sites for hydroxylation is 1. The summed E-state index contributed by atoms with van der Waals surface area (Å²) in [6, 6.07) is 15.9. The van der Waals surface area contributed by atoms with Crippen molar-refractivity contribution in [2.75, 3.05) is 5.32 Å². The van der Waals surface area contributed by atoms with E-state index in [2.05, 4.69) is 15.3 Å². The lowest BCUT2D eigenvalue weighted by Crippen LogP contribution is -2.42. The minimum Gasteiger partial charge on any atom is -0.300 e. The molecule has 0 aliphatic rings. The summed E-state index contributed by atoms with van der Waals surface area (Å²) >= 11 is 7.30. The number of nitrogens with one attached hydrogen (secondary N) is 1. The highest BCUT2D eigenvalue weighted by molar-refractivity contribution is 7.22. The van der Waals surface area contributed by atoms with Gasteiger partial charge in [0.2, 0.25) is 5.91 Å². The van der Waals surface area contributed by atoms with Gasteiger partial charge in [0.15, 0.2) is 10.6 Å². The van der Waals surface area contributed by atoms with Gasteiger partial charge in [0.05, 0.1) is 22.3 Å². The largest absolute Gasteiger partial charge is 0.332 e. The number of hydrogen-bond acceptors (Lipinski definition) is 6. The van der Waals surface area contributed by atoms with Crippen LogP contribution in [0, 0.1) is 6.92 Å². The standard InChI is InChI=1S/C24H18ClN5O3S/c1-14-4-9-17-19(11-14)34-23(27-17)28-20(31)13-29-18-3-2-10-26-21(18)22(32)30(24(29)33)12-15-5-7-16(25)8-6-15/h2-11H,12-13H2,1H3,(H,27,28,31). The van der Waals surface area contributed by atoms with Gasteiger partial charge >= 0.3 is 5.69 Å². The fourth-order valence-electron chi connectivity index (χ4n) is 3.70. The Morgan fingerprint density at radius 1 is 1.09 bits per heavy atom. The van der Waals surface area contributed by atoms with Crippen LogP contribution in [0.2, 0.25) is 5.02 Å². The molecular weight excluding hydrogens is 474 g/mol. The van der Waals surface area contributed by atoms with Gasteiger partial charge in [-0.2, -0.15) is 0 Å². The molecule has 34 heavy (non-hydrogen) atoms. The summed E-state index contributed by atoms with van der Waals surface area (Å²) in [4.78, 5) is 47.8. The number of amides is 1. The molecule has 5 rings (SSSR count). The molecule has 1 N–H and O–H groups in total. The molecule has 5 aromatic rings. The van der Waals surface area contributed by atoms with Gasteiger partial charge in [0.25, 0.3) is 5.56 Å². The lowest BCUT2D eigenvalue weighted by Gasteiger charge is -2.13. The minimum atomic E-state index is -0.601. The van der Waals surface area contributed by atoms with Gasteiger partial charge in [-0.15, -0.1) is 0 Å². The quantitative estimate of drug-likeness (QED) is 0.403. The van der Waals surface area contributed by atoms with Gasteiger partial charge < -0.3 is 5.32 Å². The molecule has 0 spiro atoms. The first-order chi connectivity index (χ1) is 16.4. The van der Waals surface area contributed by atoms with Crippen LogP contribution in [0.4, 0.5) is 5.13 Å². The van der Waals surface area contributed by atoms with Gasteiger partial charge in [0, 0.05) is 11.2 Å². The smallest absolute Gasteiger partial charge is 0.300 e. The number of fused-ring (bicyclic) bond motifs is 2. The Kier molecular flexibility index (Phi) is 5.72. The van der Waals surface area contributed by atoms with Crippen LogP contribution in [-0.2, 0) is 17.9 Å². The molecule has 10 heteroatoms. The number of pyridine rings is 1. The van der Waals surface area contributed by atoms with Crippen LogP contribution in [0.5, 0.6) is 0 Å². The summed E-state index contributed by atoms with van der Waals surface area (Å²) in [5, 5.41) is 3.76. The second kappa shape index (κ2) is 8.85. The van der Waals surface area contributed by atoms with Crippen molar-refractivity contribution in [2.24, 2.45) is 0 Å². The highest BCUT2D eigenvalue weighted by Crippen LogP contribution is 2.26. The lowest BCUT2D eigenvalue weighted by atomic mass is 10.2. The van der Waals surface area contributed by atoms with Crippen molar-refractivity contribution in [1.82, 2.24) is 19.1 Å². The van der Waals surface area contributed by atoms with Crippen LogP contribution in [0.25, 0.3) is 21.3 Å². The molecule has 3 aromatic heterocycles. The lowest BCUT2D eigenvalue weighted by molar-refractivity contribution is -0.116. The Balaban J connectivity index is 1.51. The molecule has 0 fully saturated rings. The Morgan fingerprint density at radius 3 is 2.68 bits per heavy atom. The first-order valence-corrected chi connectivity index (χ1v) is 11.6. The van der Waals surface area contributed by atoms with Gasteiger partial charge in [-0.3, -0.25) is 18.7 Å². The summed E-state index contributed by atoms with van der Waals surface area (Å²) in [6.07, 6.45) is 1.48. The van der Waals surface area contributed by atoms with E-state index >= 15 is 0 Å². The van der Waals surface area contributed by atoms with Crippen molar-refractivity contribution in [3.05, 3.63) is 97.8 Å². The summed E-state index contributed by atoms with van der Waals surface area (Å²) in [5.41, 5.74) is 1.89. The van der Waals surface area contributed by atoms with E-state index in [0.29, 0.717) is 15.7 Å². The molecule has 0 aliphatic carbocycles. The number of nitrogens with zero attached hydrogens (tertiary/aromatic N) is 4. The number of thiazole rings is 1. The maximum atomic E-state index is 13.3. The fourth-order valence-corrected chi connectivity index (χ4v) is 4.80. The van der Waals surface area contributed by atoms with Crippen LogP contribution in [0.3, 0.4) is 0 Å². The Morgan fingerprint density at radius 2 is 1.88 bits per heavy atom. The van der Waals surface area contributed by atoms with E-state index in [0.717, 1.165) is 25.9 Å². The first kappa shape index (κ1) is 22.0. The van der Waals surface area contributed by atoms with Crippen molar-refractivity contribution in [1.29, 1.82) is 0 Å². The van der Waals surface area contributed by atoms with Gasteiger partial charge in [0.1, 0.15) is 6.54 Å². The van der Waals surface area contributed by atoms with E-state index in [1.807, 2.05) is 25.1 Å². The summed E-state index contributed by atoms with van der Waals surface area (Å²) < 4.78 is 3.29. The predicted molar refractivity (Wildman–Crippen MR) is 134 cm³/mol. The number of rotatable bonds is 5. The maximum absolute atomic E-state index is 13.3. The minimum absolute atomic E-state index is 0.0280. The third-order valence-electron chi connectivity index (χ3n) is 5.33. The molecule has 0 aliphatic heterocycles. The molecular formula is C24H18ClN5O3S. The molecule has 0 unspecified atom stereocenters. The molecule has 8 nitrogen and oxygen atoms in total. The van der Waals surface area contributed by atoms with E-state index in [-0.39, 0.29) is 18.6 Å². The topological polar surface area (TPSA) is 98.9 Å². The average Bonchev–Trinajstić information content (AvgIpc) is 3.22. The number of aromatic nitrogens is 4. The molecule has 0 saturated heterocycles. The summed E-state index contributed by atoms with van der Waals surface area (Å²) in [5.74, 6) is -0.431.